The van der Waals surface area contributed by atoms with Crippen LogP contribution >= 0.6 is 15.9 Å². The molecule has 0 radical (unpaired) electrons. The van der Waals surface area contributed by atoms with Gasteiger partial charge in [-0.3, -0.25) is 0 Å². The van der Waals surface area contributed by atoms with Gasteiger partial charge in [-0.05, 0) is 47.1 Å². The van der Waals surface area contributed by atoms with Crippen molar-refractivity contribution in [2.24, 2.45) is 0 Å². The topological polar surface area (TPSA) is 113 Å². The number of benzene rings is 1. The summed E-state index contributed by atoms with van der Waals surface area (Å²) in [6.45, 7) is 1.89. The maximum absolute atomic E-state index is 12.9. The van der Waals surface area contributed by atoms with E-state index in [2.05, 4.69) is 25.9 Å². The van der Waals surface area contributed by atoms with Gasteiger partial charge < -0.3 is 29.3 Å². The van der Waals surface area contributed by atoms with E-state index in [1.165, 1.54) is 20.5 Å². The Morgan fingerprint density at radius 3 is 2.60 bits per heavy atom. The normalized spacial score (nSPS) is 10.6. The van der Waals surface area contributed by atoms with E-state index in [4.69, 9.17) is 24.4 Å². The number of esters is 1. The standard InChI is InChI=1S/C20H21BrN4O5/c1-5-29-19(26)14-15(12-7-6-10-30-12)23-20(22)24-18(14)25(2)16-11(21)8-9-13(27-3)17(16)28-4/h6-10H,5H2,1-4H3,(H2,22,23,24). The van der Waals surface area contributed by atoms with Crippen LogP contribution in [0.15, 0.2) is 39.4 Å². The number of halogens is 1. The summed E-state index contributed by atoms with van der Waals surface area (Å²) in [5, 5.41) is 0. The van der Waals surface area contributed by atoms with E-state index in [1.807, 2.05) is 0 Å². The van der Waals surface area contributed by atoms with Gasteiger partial charge in [-0.2, -0.15) is 4.98 Å². The molecule has 3 aromatic rings. The number of carbonyl (C=O) groups is 1. The average molecular weight is 477 g/mol. The summed E-state index contributed by atoms with van der Waals surface area (Å²) in [4.78, 5) is 23.1. The van der Waals surface area contributed by atoms with Gasteiger partial charge >= 0.3 is 5.97 Å². The number of furan rings is 1. The van der Waals surface area contributed by atoms with Gasteiger partial charge in [0.2, 0.25) is 5.95 Å². The molecule has 0 fully saturated rings. The van der Waals surface area contributed by atoms with Gasteiger partial charge in [0.15, 0.2) is 23.1 Å². The number of methoxy groups -OCH3 is 2. The minimum atomic E-state index is -0.608. The molecule has 0 saturated heterocycles. The van der Waals surface area contributed by atoms with E-state index in [0.717, 1.165) is 0 Å². The van der Waals surface area contributed by atoms with Crippen molar-refractivity contribution in [2.45, 2.75) is 6.92 Å². The molecule has 2 N–H and O–H groups in total. The lowest BCUT2D eigenvalue weighted by Crippen LogP contribution is -2.21. The van der Waals surface area contributed by atoms with E-state index in [9.17, 15) is 4.79 Å². The van der Waals surface area contributed by atoms with Crippen LogP contribution in [0.4, 0.5) is 17.5 Å². The highest BCUT2D eigenvalue weighted by Gasteiger charge is 2.29. The van der Waals surface area contributed by atoms with Gasteiger partial charge in [-0.25, -0.2) is 9.78 Å². The second kappa shape index (κ2) is 9.04. The van der Waals surface area contributed by atoms with Crippen LogP contribution in [0.25, 0.3) is 11.5 Å². The molecule has 0 amide bonds. The number of nitrogen functional groups attached to an aromatic ring is 1. The van der Waals surface area contributed by atoms with Gasteiger partial charge in [-0.15, -0.1) is 0 Å². The zero-order chi connectivity index (χ0) is 21.8. The van der Waals surface area contributed by atoms with Crippen LogP contribution in [0.2, 0.25) is 0 Å². The fourth-order valence-corrected chi connectivity index (χ4v) is 3.57. The van der Waals surface area contributed by atoms with E-state index >= 15 is 0 Å². The maximum atomic E-state index is 12.9. The molecule has 2 aromatic heterocycles. The van der Waals surface area contributed by atoms with Crippen LogP contribution in [0.1, 0.15) is 17.3 Å². The highest BCUT2D eigenvalue weighted by atomic mass is 79.9. The first-order valence-electron chi connectivity index (χ1n) is 8.95. The first-order valence-corrected chi connectivity index (χ1v) is 9.74. The molecular formula is C20H21BrN4O5. The van der Waals surface area contributed by atoms with E-state index in [-0.39, 0.29) is 29.6 Å². The largest absolute Gasteiger partial charge is 0.493 e. The quantitative estimate of drug-likeness (QED) is 0.504. The maximum Gasteiger partial charge on any atom is 0.344 e. The summed E-state index contributed by atoms with van der Waals surface area (Å²) in [6, 6.07) is 6.92. The van der Waals surface area contributed by atoms with Crippen molar-refractivity contribution in [3.63, 3.8) is 0 Å². The van der Waals surface area contributed by atoms with Crippen LogP contribution < -0.4 is 20.1 Å². The van der Waals surface area contributed by atoms with Gasteiger partial charge in [0.25, 0.3) is 0 Å². The Labute approximate surface area is 181 Å². The molecule has 0 aliphatic heterocycles. The number of carbonyl (C=O) groups excluding carboxylic acids is 1. The van der Waals surface area contributed by atoms with Gasteiger partial charge in [0, 0.05) is 11.5 Å². The number of anilines is 3. The molecule has 0 unspecified atom stereocenters. The van der Waals surface area contributed by atoms with E-state index in [0.29, 0.717) is 27.4 Å². The summed E-state index contributed by atoms with van der Waals surface area (Å²) >= 11 is 3.53. The number of hydrogen-bond acceptors (Lipinski definition) is 9. The zero-order valence-electron chi connectivity index (χ0n) is 16.9. The van der Waals surface area contributed by atoms with Crippen molar-refractivity contribution >= 4 is 39.4 Å². The van der Waals surface area contributed by atoms with Gasteiger partial charge in [0.05, 0.1) is 27.1 Å². The Kier molecular flexibility index (Phi) is 6.46. The van der Waals surface area contributed by atoms with E-state index < -0.39 is 5.97 Å². The SMILES string of the molecule is CCOC(=O)c1c(-c2ccco2)nc(N)nc1N(C)c1c(Br)ccc(OC)c1OC. The Hall–Kier alpha value is -3.27. The molecule has 0 spiro atoms. The highest BCUT2D eigenvalue weighted by molar-refractivity contribution is 9.10. The van der Waals surface area contributed by atoms with Gasteiger partial charge in [0.1, 0.15) is 16.9 Å². The zero-order valence-corrected chi connectivity index (χ0v) is 18.5. The summed E-state index contributed by atoms with van der Waals surface area (Å²) in [7, 11) is 4.78. The summed E-state index contributed by atoms with van der Waals surface area (Å²) in [5.41, 5.74) is 6.89. The molecule has 0 saturated carbocycles. The van der Waals surface area contributed by atoms with Crippen LogP contribution in [0.3, 0.4) is 0 Å². The molecule has 3 rings (SSSR count). The van der Waals surface area contributed by atoms with Crippen LogP contribution in [0, 0.1) is 0 Å². The molecule has 2 heterocycles. The lowest BCUT2D eigenvalue weighted by molar-refractivity contribution is 0.0527. The molecule has 0 aliphatic carbocycles. The van der Waals surface area contributed by atoms with Crippen LogP contribution in [-0.4, -0.2) is 43.8 Å². The predicted molar refractivity (Wildman–Crippen MR) is 115 cm³/mol. The molecular weight excluding hydrogens is 456 g/mol. The Bertz CT molecular complexity index is 1060. The summed E-state index contributed by atoms with van der Waals surface area (Å²) < 4.78 is 22.4. The summed E-state index contributed by atoms with van der Waals surface area (Å²) in [5.74, 6) is 0.894. The van der Waals surface area contributed by atoms with Crippen molar-refractivity contribution in [2.75, 3.05) is 38.5 Å². The van der Waals surface area contributed by atoms with Crippen LogP contribution in [-0.2, 0) is 4.74 Å². The van der Waals surface area contributed by atoms with Crippen molar-refractivity contribution in [1.82, 2.24) is 9.97 Å². The molecule has 0 aliphatic rings. The number of rotatable bonds is 7. The molecule has 9 nitrogen and oxygen atoms in total. The molecule has 10 heteroatoms. The smallest absolute Gasteiger partial charge is 0.344 e. The number of ether oxygens (including phenoxy) is 3. The van der Waals surface area contributed by atoms with Crippen LogP contribution in [0.5, 0.6) is 11.5 Å². The second-order valence-electron chi connectivity index (χ2n) is 6.02. The van der Waals surface area contributed by atoms with Crippen molar-refractivity contribution in [3.05, 3.63) is 40.6 Å². The van der Waals surface area contributed by atoms with Gasteiger partial charge in [-0.1, -0.05) is 0 Å². The van der Waals surface area contributed by atoms with Crippen molar-refractivity contribution in [3.8, 4) is 23.0 Å². The van der Waals surface area contributed by atoms with Crippen molar-refractivity contribution < 1.29 is 23.4 Å². The first-order chi connectivity index (χ1) is 14.4. The molecule has 158 valence electrons. The minimum absolute atomic E-state index is 0.0331. The fraction of sp³-hybridized carbons (Fsp3) is 0.250. The third-order valence-electron chi connectivity index (χ3n) is 4.26. The second-order valence-corrected chi connectivity index (χ2v) is 6.87. The first kappa shape index (κ1) is 21.4. The Morgan fingerprint density at radius 2 is 2.00 bits per heavy atom. The average Bonchev–Trinajstić information content (AvgIpc) is 3.27. The lowest BCUT2D eigenvalue weighted by Gasteiger charge is -2.25. The molecule has 0 atom stereocenters. The summed E-state index contributed by atoms with van der Waals surface area (Å²) in [6.07, 6.45) is 1.48. The van der Waals surface area contributed by atoms with Crippen molar-refractivity contribution in [1.29, 1.82) is 0 Å². The third kappa shape index (κ3) is 3.90. The number of nitrogens with zero attached hydrogens (tertiary/aromatic N) is 3. The Morgan fingerprint density at radius 1 is 1.23 bits per heavy atom. The predicted octanol–water partition coefficient (Wildman–Crippen LogP) is 4.04. The monoisotopic (exact) mass is 476 g/mol. The molecule has 1 aromatic carbocycles. The number of nitrogens with two attached hydrogens (primary N) is 1. The minimum Gasteiger partial charge on any atom is -0.493 e. The third-order valence-corrected chi connectivity index (χ3v) is 4.90. The lowest BCUT2D eigenvalue weighted by atomic mass is 10.1. The number of aromatic nitrogens is 2. The fourth-order valence-electron chi connectivity index (χ4n) is 3.00. The molecule has 30 heavy (non-hydrogen) atoms. The number of hydrogen-bond donors (Lipinski definition) is 1. The Balaban J connectivity index is 2.30. The molecule has 0 bridgehead atoms. The van der Waals surface area contributed by atoms with E-state index in [1.54, 1.807) is 43.1 Å². The highest BCUT2D eigenvalue weighted by Crippen LogP contribution is 2.45.